The summed E-state index contributed by atoms with van der Waals surface area (Å²) in [5.74, 6) is -3.22. The third kappa shape index (κ3) is 35.8. The van der Waals surface area contributed by atoms with E-state index in [1.54, 1.807) is 50.2 Å². The van der Waals surface area contributed by atoms with Crippen molar-refractivity contribution in [2.75, 3.05) is 23.5 Å². The minimum Gasteiger partial charge on any atom is -0.550 e. The Labute approximate surface area is 573 Å². The zero-order chi connectivity index (χ0) is 70.3. The van der Waals surface area contributed by atoms with E-state index in [-0.39, 0.29) is 63.7 Å². The first-order chi connectivity index (χ1) is 44.5. The second-order valence-electron chi connectivity index (χ2n) is 24.8. The fourth-order valence-corrected chi connectivity index (χ4v) is 9.90. The number of anilines is 3. The molecule has 0 heterocycles. The molecule has 1 unspecified atom stereocenters. The van der Waals surface area contributed by atoms with Gasteiger partial charge in [0, 0.05) is 63.0 Å². The van der Waals surface area contributed by atoms with E-state index in [4.69, 9.17) is 21.1 Å². The first-order valence-corrected chi connectivity index (χ1v) is 32.2. The number of aryl methyl sites for hydroxylation is 4. The number of nitrogens with one attached hydrogen (secondary N) is 3. The van der Waals surface area contributed by atoms with Gasteiger partial charge in [0.25, 0.3) is 0 Å². The first kappa shape index (κ1) is 87.5. The molecule has 0 aliphatic heterocycles. The zero-order valence-corrected chi connectivity index (χ0v) is 57.1. The van der Waals surface area contributed by atoms with Gasteiger partial charge in [-0.1, -0.05) is 221 Å². The van der Waals surface area contributed by atoms with E-state index in [1.165, 1.54) is 42.5 Å². The number of hydrogen-bond donors (Lipinski definition) is 10. The van der Waals surface area contributed by atoms with Crippen molar-refractivity contribution in [2.45, 2.75) is 190 Å². The van der Waals surface area contributed by atoms with Crippen LogP contribution in [-0.4, -0.2) is 84.3 Å². The summed E-state index contributed by atoms with van der Waals surface area (Å²) in [6.07, 6.45) is 4.48. The number of aliphatic hydroxyl groups excluding tert-OH is 1. The number of aliphatic hydroxyl groups is 4. The molecule has 16 nitrogen and oxygen atoms in total. The maximum absolute atomic E-state index is 10.9. The number of nitrogens with two attached hydrogens (primary N) is 1. The lowest BCUT2D eigenvalue weighted by atomic mass is 9.82. The topological polar surface area (TPSA) is 292 Å². The standard InChI is InChI=1S/2C16H23NO4.C16H18.C15H17N.C14H21NO3.CH4O.2CH4/c2*1-11(2)16(21,10-15(19)20)9-8-13-4-6-14(7-5-13)17-12(3)18;1-14(16-10-6-3-7-11-16)12-13-15-8-4-2-5-9-15;1-13(15-10-6-3-7-11-15)16-12-14-8-4-2-5-9-14;1-10(2)14(18,9-13(16)17)8-7-11-3-5-12(15)6-4-11;1-2;;/h2*4-7,11,21H,8-10H2,1-3H3,(H,17,18)(H,19,20);2-11,14H,12-13H2,1H3;2-11,13,16H,12H2,1H3;3-6,10,18H,7-9,15H2,1-2H3,(H,16,17);2H,1H3;2*1H4/p-1/t2*16-;14-;13-;;;;/m0010..../s1. The molecule has 0 spiro atoms. The van der Waals surface area contributed by atoms with Crippen LogP contribution in [0.4, 0.5) is 17.1 Å². The van der Waals surface area contributed by atoms with Crippen LogP contribution in [0.25, 0.3) is 0 Å². The lowest BCUT2D eigenvalue weighted by Gasteiger charge is -2.32. The largest absolute Gasteiger partial charge is 0.550 e. The number of carbonyl (C=O) groups is 5. The summed E-state index contributed by atoms with van der Waals surface area (Å²) in [6.45, 7) is 19.2. The van der Waals surface area contributed by atoms with Crippen LogP contribution >= 0.6 is 0 Å². The van der Waals surface area contributed by atoms with Crippen molar-refractivity contribution in [3.8, 4) is 0 Å². The number of amides is 2. The average Bonchev–Trinajstić information content (AvgIpc) is 1.18. The Morgan fingerprint density at radius 3 is 1.05 bits per heavy atom. The number of hydrogen-bond acceptors (Lipinski definition) is 12. The highest BCUT2D eigenvalue weighted by Crippen LogP contribution is 2.30. The second kappa shape index (κ2) is 46.6. The Morgan fingerprint density at radius 2 is 0.729 bits per heavy atom. The quantitative estimate of drug-likeness (QED) is 0.0204. The summed E-state index contributed by atoms with van der Waals surface area (Å²) in [5.41, 5.74) is 12.6. The van der Waals surface area contributed by atoms with Crippen molar-refractivity contribution in [1.29, 1.82) is 0 Å². The molecule has 2 amide bonds. The zero-order valence-electron chi connectivity index (χ0n) is 57.1. The molecule has 0 saturated carbocycles. The van der Waals surface area contributed by atoms with E-state index in [1.807, 2.05) is 76.2 Å². The van der Waals surface area contributed by atoms with Crippen LogP contribution in [-0.2, 0) is 56.2 Å². The van der Waals surface area contributed by atoms with Crippen LogP contribution in [0.1, 0.15) is 180 Å². The van der Waals surface area contributed by atoms with Crippen LogP contribution in [0.3, 0.4) is 0 Å². The van der Waals surface area contributed by atoms with Crippen molar-refractivity contribution in [1.82, 2.24) is 5.32 Å². The summed E-state index contributed by atoms with van der Waals surface area (Å²) in [4.78, 5) is 54.3. The lowest BCUT2D eigenvalue weighted by Crippen LogP contribution is -2.42. The number of carbonyl (C=O) groups excluding carboxylic acids is 3. The molecule has 526 valence electrons. The van der Waals surface area contributed by atoms with Gasteiger partial charge in [-0.3, -0.25) is 19.2 Å². The maximum Gasteiger partial charge on any atom is 0.306 e. The van der Waals surface area contributed by atoms with E-state index < -0.39 is 34.7 Å². The van der Waals surface area contributed by atoms with E-state index in [0.29, 0.717) is 61.9 Å². The molecule has 96 heavy (non-hydrogen) atoms. The van der Waals surface area contributed by atoms with Gasteiger partial charge in [-0.2, -0.15) is 0 Å². The van der Waals surface area contributed by atoms with Crippen molar-refractivity contribution in [3.05, 3.63) is 233 Å². The molecule has 0 aliphatic rings. The molecular weight excluding hydrogens is 1210 g/mol. The highest BCUT2D eigenvalue weighted by Gasteiger charge is 2.35. The van der Waals surface area contributed by atoms with Crippen molar-refractivity contribution >= 4 is 46.8 Å². The molecule has 7 aromatic rings. The average molecular weight is 1320 g/mol. The summed E-state index contributed by atoms with van der Waals surface area (Å²) in [6, 6.07) is 64.9. The molecule has 16 heteroatoms. The molecule has 0 aliphatic carbocycles. The van der Waals surface area contributed by atoms with Crippen molar-refractivity contribution in [2.24, 2.45) is 17.8 Å². The molecule has 0 radical (unpaired) electrons. The van der Waals surface area contributed by atoms with Gasteiger partial charge >= 0.3 is 11.9 Å². The minimum absolute atomic E-state index is 0. The van der Waals surface area contributed by atoms with E-state index in [0.717, 1.165) is 42.5 Å². The van der Waals surface area contributed by atoms with Crippen molar-refractivity contribution < 1.29 is 59.7 Å². The predicted octanol–water partition coefficient (Wildman–Crippen LogP) is 14.4. The fraction of sp³-hybridized carbons (Fsp3) is 0.412. The second-order valence-corrected chi connectivity index (χ2v) is 24.8. The molecule has 7 aromatic carbocycles. The van der Waals surface area contributed by atoms with Gasteiger partial charge in [0.05, 0.1) is 29.6 Å². The van der Waals surface area contributed by atoms with Crippen LogP contribution < -0.4 is 26.8 Å². The Balaban J connectivity index is 0.00000117. The van der Waals surface area contributed by atoms with E-state index in [2.05, 4.69) is 139 Å². The summed E-state index contributed by atoms with van der Waals surface area (Å²) in [7, 11) is 1.00. The minimum atomic E-state index is -1.27. The van der Waals surface area contributed by atoms with E-state index >= 15 is 0 Å². The molecule has 11 N–H and O–H groups in total. The van der Waals surface area contributed by atoms with Gasteiger partial charge in [0.15, 0.2) is 0 Å². The molecule has 0 aromatic heterocycles. The van der Waals surface area contributed by atoms with E-state index in [9.17, 15) is 44.4 Å². The highest BCUT2D eigenvalue weighted by molar-refractivity contribution is 5.89. The van der Waals surface area contributed by atoms with Gasteiger partial charge in [0.2, 0.25) is 11.8 Å². The predicted molar refractivity (Wildman–Crippen MR) is 390 cm³/mol. The summed E-state index contributed by atoms with van der Waals surface area (Å²) < 4.78 is 0. The Morgan fingerprint density at radius 1 is 0.427 bits per heavy atom. The van der Waals surface area contributed by atoms with Gasteiger partial charge in [-0.15, -0.1) is 0 Å². The van der Waals surface area contributed by atoms with Crippen LogP contribution in [0.15, 0.2) is 194 Å². The third-order valence-corrected chi connectivity index (χ3v) is 16.5. The maximum atomic E-state index is 10.9. The number of nitrogen functional groups attached to an aromatic ring is 1. The van der Waals surface area contributed by atoms with Gasteiger partial charge in [-0.25, -0.2) is 0 Å². The van der Waals surface area contributed by atoms with Gasteiger partial charge in [-0.05, 0) is 157 Å². The fourth-order valence-electron chi connectivity index (χ4n) is 9.90. The first-order valence-electron chi connectivity index (χ1n) is 32.2. The molecule has 0 bridgehead atoms. The Kier molecular flexibility index (Phi) is 42.5. The number of benzene rings is 7. The van der Waals surface area contributed by atoms with Crippen LogP contribution in [0.5, 0.6) is 0 Å². The molecule has 5 atom stereocenters. The number of rotatable bonds is 28. The molecule has 7 rings (SSSR count). The molecular formula is C80H113N4O12-. The summed E-state index contributed by atoms with van der Waals surface area (Å²) >= 11 is 0. The smallest absolute Gasteiger partial charge is 0.306 e. The summed E-state index contributed by atoms with van der Waals surface area (Å²) in [5, 5.41) is 75.7. The SMILES string of the molecule is C.C.CC(=O)Nc1ccc(CC[C@](O)(CC(=O)O)C(C)C)cc1.CC(=O)Nc1ccc(CC[C@](O)(CC(=O)[O-])C(C)C)cc1.CC(C)C(O)(CCc1ccc(N)cc1)CC(=O)O.CO.C[C@H](CCc1ccccc1)c1ccccc1.C[C@H](NCc1ccccc1)c1ccccc1. The number of carboxylic acid groups (broad SMARTS) is 3. The van der Waals surface area contributed by atoms with Crippen LogP contribution in [0, 0.1) is 17.8 Å². The monoisotopic (exact) mass is 1320 g/mol. The number of aliphatic carboxylic acids is 3. The van der Waals surface area contributed by atoms with Crippen molar-refractivity contribution in [3.63, 3.8) is 0 Å². The normalized spacial score (nSPS) is 12.9. The Hall–Kier alpha value is -8.51. The Bertz CT molecular complexity index is 3050. The van der Waals surface area contributed by atoms with Crippen LogP contribution in [0.2, 0.25) is 0 Å². The molecule has 0 fully saturated rings. The molecule has 0 saturated heterocycles. The third-order valence-electron chi connectivity index (χ3n) is 16.5. The highest BCUT2D eigenvalue weighted by atomic mass is 16.4. The van der Waals surface area contributed by atoms with Gasteiger partial charge in [0.1, 0.15) is 0 Å². The van der Waals surface area contributed by atoms with Gasteiger partial charge < -0.3 is 62.2 Å². The number of carboxylic acids is 3. The lowest BCUT2D eigenvalue weighted by molar-refractivity contribution is -0.310.